The summed E-state index contributed by atoms with van der Waals surface area (Å²) in [6, 6.07) is 22.5. The second kappa shape index (κ2) is 12.7. The van der Waals surface area contributed by atoms with E-state index in [0.717, 1.165) is 27.3 Å². The molecule has 2 amide bonds. The van der Waals surface area contributed by atoms with Crippen LogP contribution in [0.1, 0.15) is 23.6 Å². The van der Waals surface area contributed by atoms with E-state index in [9.17, 15) is 18.0 Å². The van der Waals surface area contributed by atoms with E-state index in [-0.39, 0.29) is 18.9 Å². The Morgan fingerprint density at radius 1 is 0.919 bits per heavy atom. The van der Waals surface area contributed by atoms with Crippen LogP contribution < -0.4 is 9.62 Å². The molecule has 0 aliphatic heterocycles. The van der Waals surface area contributed by atoms with Gasteiger partial charge in [0.2, 0.25) is 21.8 Å². The lowest BCUT2D eigenvalue weighted by Crippen LogP contribution is -2.53. The Balaban J connectivity index is 2.02. The Hall–Kier alpha value is -3.36. The Bertz CT molecular complexity index is 1300. The summed E-state index contributed by atoms with van der Waals surface area (Å²) < 4.78 is 26.5. The molecule has 1 atom stereocenters. The molecule has 0 fully saturated rings. The van der Waals surface area contributed by atoms with Crippen LogP contribution in [-0.2, 0) is 32.6 Å². The van der Waals surface area contributed by atoms with Gasteiger partial charge in [-0.3, -0.25) is 13.9 Å². The van der Waals surface area contributed by atoms with Gasteiger partial charge in [0, 0.05) is 24.5 Å². The molecule has 0 radical (unpaired) electrons. The highest BCUT2D eigenvalue weighted by molar-refractivity contribution is 7.92. The Morgan fingerprint density at radius 2 is 1.54 bits per heavy atom. The van der Waals surface area contributed by atoms with Crippen molar-refractivity contribution in [2.75, 3.05) is 23.7 Å². The molecule has 0 saturated carbocycles. The number of carbonyl (C=O) groups is 2. The van der Waals surface area contributed by atoms with Gasteiger partial charge in [-0.2, -0.15) is 0 Å². The molecule has 0 saturated heterocycles. The Labute approximate surface area is 224 Å². The number of anilines is 1. The Kier molecular flexibility index (Phi) is 9.72. The number of nitrogens with zero attached hydrogens (tertiary/aromatic N) is 2. The lowest BCUT2D eigenvalue weighted by molar-refractivity contribution is -0.140. The van der Waals surface area contributed by atoms with Crippen molar-refractivity contribution in [2.45, 2.75) is 32.9 Å². The van der Waals surface area contributed by atoms with Crippen molar-refractivity contribution in [3.63, 3.8) is 0 Å². The van der Waals surface area contributed by atoms with Gasteiger partial charge in [-0.05, 0) is 49.2 Å². The van der Waals surface area contributed by atoms with Crippen LogP contribution in [0.25, 0.3) is 0 Å². The molecule has 3 aromatic carbocycles. The molecule has 1 N–H and O–H groups in total. The lowest BCUT2D eigenvalue weighted by Gasteiger charge is -2.33. The molecule has 0 spiro atoms. The number of rotatable bonds is 11. The Morgan fingerprint density at radius 3 is 2.11 bits per heavy atom. The molecule has 0 aliphatic carbocycles. The molecule has 0 aliphatic rings. The monoisotopic (exact) mass is 541 g/mol. The smallest absolute Gasteiger partial charge is 0.244 e. The zero-order valence-electron chi connectivity index (χ0n) is 21.2. The van der Waals surface area contributed by atoms with E-state index in [1.54, 1.807) is 48.5 Å². The zero-order chi connectivity index (χ0) is 27.0. The minimum atomic E-state index is -3.79. The van der Waals surface area contributed by atoms with Crippen LogP contribution in [0.3, 0.4) is 0 Å². The van der Waals surface area contributed by atoms with Crippen LogP contribution in [0.15, 0.2) is 78.9 Å². The van der Waals surface area contributed by atoms with Crippen LogP contribution in [-0.4, -0.2) is 50.5 Å². The first kappa shape index (κ1) is 28.2. The minimum Gasteiger partial charge on any atom is -0.355 e. The summed E-state index contributed by atoms with van der Waals surface area (Å²) in [6.45, 7) is 3.77. The average Bonchev–Trinajstić information content (AvgIpc) is 2.86. The van der Waals surface area contributed by atoms with Gasteiger partial charge in [-0.25, -0.2) is 8.42 Å². The number of sulfonamides is 1. The highest BCUT2D eigenvalue weighted by Crippen LogP contribution is 2.21. The number of carbonyl (C=O) groups excluding carboxylic acids is 2. The predicted molar refractivity (Wildman–Crippen MR) is 148 cm³/mol. The maximum atomic E-state index is 13.9. The van der Waals surface area contributed by atoms with Crippen molar-refractivity contribution in [2.24, 2.45) is 0 Å². The van der Waals surface area contributed by atoms with Gasteiger partial charge in [-0.15, -0.1) is 0 Å². The zero-order valence-corrected chi connectivity index (χ0v) is 22.8. The number of aryl methyl sites for hydroxylation is 1. The quantitative estimate of drug-likeness (QED) is 0.394. The second-order valence-electron chi connectivity index (χ2n) is 8.85. The number of hydrogen-bond acceptors (Lipinski definition) is 4. The van der Waals surface area contributed by atoms with E-state index in [0.29, 0.717) is 17.3 Å². The molecule has 37 heavy (non-hydrogen) atoms. The second-order valence-corrected chi connectivity index (χ2v) is 11.2. The summed E-state index contributed by atoms with van der Waals surface area (Å²) in [5, 5.41) is 3.38. The van der Waals surface area contributed by atoms with Gasteiger partial charge < -0.3 is 10.2 Å². The molecule has 3 aromatic rings. The number of nitrogens with one attached hydrogen (secondary N) is 1. The molecule has 0 bridgehead atoms. The van der Waals surface area contributed by atoms with Crippen LogP contribution in [0.2, 0.25) is 5.02 Å². The summed E-state index contributed by atoms with van der Waals surface area (Å²) >= 11 is 6.05. The lowest BCUT2D eigenvalue weighted by atomic mass is 10.0. The fourth-order valence-electron chi connectivity index (χ4n) is 3.96. The van der Waals surface area contributed by atoms with E-state index in [2.05, 4.69) is 5.32 Å². The fourth-order valence-corrected chi connectivity index (χ4v) is 4.93. The summed E-state index contributed by atoms with van der Waals surface area (Å²) in [7, 11) is -3.79. The molecule has 0 aromatic heterocycles. The van der Waals surface area contributed by atoms with E-state index in [1.165, 1.54) is 4.90 Å². The summed E-state index contributed by atoms with van der Waals surface area (Å²) in [6.07, 6.45) is 1.34. The highest BCUT2D eigenvalue weighted by atomic mass is 35.5. The standard InChI is InChI=1S/C28H32ClN3O4S/c1-4-30-28(34)26(18-22-8-6-5-7-9-22)31(19-23-12-14-24(29)15-13-23)27(33)20-32(37(3,35)36)25-16-10-21(2)11-17-25/h5-17,26H,4,18-20H2,1-3H3,(H,30,34). The number of benzene rings is 3. The number of amides is 2. The molecule has 1 unspecified atom stereocenters. The van der Waals surface area contributed by atoms with Gasteiger partial charge in [0.1, 0.15) is 12.6 Å². The van der Waals surface area contributed by atoms with Gasteiger partial charge >= 0.3 is 0 Å². The van der Waals surface area contributed by atoms with E-state index < -0.39 is 28.5 Å². The largest absolute Gasteiger partial charge is 0.355 e. The van der Waals surface area contributed by atoms with Crippen LogP contribution in [0.5, 0.6) is 0 Å². The highest BCUT2D eigenvalue weighted by Gasteiger charge is 2.32. The van der Waals surface area contributed by atoms with Crippen molar-refractivity contribution >= 4 is 39.1 Å². The van der Waals surface area contributed by atoms with Crippen LogP contribution in [0.4, 0.5) is 5.69 Å². The SMILES string of the molecule is CCNC(=O)C(Cc1ccccc1)N(Cc1ccc(Cl)cc1)C(=O)CN(c1ccc(C)cc1)S(C)(=O)=O. The normalized spacial score (nSPS) is 12.0. The summed E-state index contributed by atoms with van der Waals surface area (Å²) in [5.41, 5.74) is 2.99. The van der Waals surface area contributed by atoms with Crippen molar-refractivity contribution in [1.82, 2.24) is 10.2 Å². The average molecular weight is 542 g/mol. The minimum absolute atomic E-state index is 0.107. The van der Waals surface area contributed by atoms with E-state index in [4.69, 9.17) is 11.6 Å². The molecule has 196 valence electrons. The maximum Gasteiger partial charge on any atom is 0.244 e. The first-order valence-electron chi connectivity index (χ1n) is 12.0. The third-order valence-corrected chi connectivity index (χ3v) is 7.28. The van der Waals surface area contributed by atoms with E-state index >= 15 is 0 Å². The van der Waals surface area contributed by atoms with Gasteiger partial charge in [0.05, 0.1) is 11.9 Å². The topological polar surface area (TPSA) is 86.8 Å². The molecular weight excluding hydrogens is 510 g/mol. The van der Waals surface area contributed by atoms with Crippen molar-refractivity contribution in [3.05, 3.63) is 101 Å². The number of halogens is 1. The third-order valence-electron chi connectivity index (χ3n) is 5.89. The summed E-state index contributed by atoms with van der Waals surface area (Å²) in [5.74, 6) is -0.803. The molecular formula is C28H32ClN3O4S. The number of hydrogen-bond donors (Lipinski definition) is 1. The van der Waals surface area contributed by atoms with Gasteiger partial charge in [0.25, 0.3) is 0 Å². The molecule has 0 heterocycles. The van der Waals surface area contributed by atoms with Gasteiger partial charge in [-0.1, -0.05) is 71.8 Å². The predicted octanol–water partition coefficient (Wildman–Crippen LogP) is 4.19. The van der Waals surface area contributed by atoms with Crippen molar-refractivity contribution in [1.29, 1.82) is 0 Å². The van der Waals surface area contributed by atoms with Crippen molar-refractivity contribution < 1.29 is 18.0 Å². The third kappa shape index (κ3) is 8.06. The van der Waals surface area contributed by atoms with E-state index in [1.807, 2.05) is 44.2 Å². The maximum absolute atomic E-state index is 13.9. The van der Waals surface area contributed by atoms with Crippen molar-refractivity contribution in [3.8, 4) is 0 Å². The van der Waals surface area contributed by atoms with Gasteiger partial charge in [0.15, 0.2) is 0 Å². The fraction of sp³-hybridized carbons (Fsp3) is 0.286. The molecule has 9 heteroatoms. The first-order valence-corrected chi connectivity index (χ1v) is 14.2. The first-order chi connectivity index (χ1) is 17.6. The van der Waals surface area contributed by atoms with Crippen LogP contribution in [0, 0.1) is 6.92 Å². The number of likely N-dealkylation sites (N-methyl/N-ethyl adjacent to an activating group) is 1. The molecule has 3 rings (SSSR count). The molecule has 7 nitrogen and oxygen atoms in total. The summed E-state index contributed by atoms with van der Waals surface area (Å²) in [4.78, 5) is 28.6. The van der Waals surface area contributed by atoms with Crippen LogP contribution >= 0.6 is 11.6 Å².